The molecular weight excluding hydrogens is 379 g/mol. The molecule has 0 saturated heterocycles. The Balaban J connectivity index is 1.38. The fourth-order valence-corrected chi connectivity index (χ4v) is 6.14. The summed E-state index contributed by atoms with van der Waals surface area (Å²) in [4.78, 5) is 0. The van der Waals surface area contributed by atoms with Gasteiger partial charge in [-0.05, 0) is 97.8 Å². The first-order chi connectivity index (χ1) is 15.2. The van der Waals surface area contributed by atoms with E-state index in [-0.39, 0.29) is 5.82 Å². The molecule has 0 N–H and O–H groups in total. The molecule has 0 heterocycles. The summed E-state index contributed by atoms with van der Waals surface area (Å²) in [5.74, 6) is 3.00. The summed E-state index contributed by atoms with van der Waals surface area (Å²) in [7, 11) is 0. The van der Waals surface area contributed by atoms with Gasteiger partial charge in [-0.2, -0.15) is 0 Å². The van der Waals surface area contributed by atoms with Crippen molar-refractivity contribution in [1.82, 2.24) is 0 Å². The topological polar surface area (TPSA) is 0 Å². The predicted molar refractivity (Wildman–Crippen MR) is 131 cm³/mol. The Labute approximate surface area is 189 Å². The Morgan fingerprint density at radius 2 is 1.29 bits per heavy atom. The van der Waals surface area contributed by atoms with Crippen molar-refractivity contribution in [2.45, 2.75) is 103 Å². The SMILES string of the molecule is CCCCC1CCC(c2ccc(-c3ccc(C4CCC(CC)CC4)cc3F)cc2)CC1. The first-order valence-corrected chi connectivity index (χ1v) is 13.1. The van der Waals surface area contributed by atoms with Gasteiger partial charge in [0.15, 0.2) is 0 Å². The number of hydrogen-bond acceptors (Lipinski definition) is 0. The lowest BCUT2D eigenvalue weighted by molar-refractivity contribution is 0.304. The molecule has 2 saturated carbocycles. The summed E-state index contributed by atoms with van der Waals surface area (Å²) in [6.45, 7) is 4.59. The molecule has 0 nitrogen and oxygen atoms in total. The Morgan fingerprint density at radius 3 is 1.87 bits per heavy atom. The van der Waals surface area contributed by atoms with Gasteiger partial charge in [-0.15, -0.1) is 0 Å². The lowest BCUT2D eigenvalue weighted by atomic mass is 9.77. The van der Waals surface area contributed by atoms with Crippen LogP contribution in [0.2, 0.25) is 0 Å². The van der Waals surface area contributed by atoms with E-state index < -0.39 is 0 Å². The summed E-state index contributed by atoms with van der Waals surface area (Å²) in [6, 6.07) is 14.8. The highest BCUT2D eigenvalue weighted by molar-refractivity contribution is 5.65. The standard InChI is InChI=1S/C30H41F/c1-3-5-6-23-9-13-24(14-10-23)25-15-17-27(18-16-25)29-20-19-28(21-30(29)31)26-11-7-22(4-2)8-12-26/h15-24,26H,3-14H2,1-2H3. The third-order valence-electron chi connectivity index (χ3n) is 8.39. The van der Waals surface area contributed by atoms with Crippen LogP contribution in [0.25, 0.3) is 11.1 Å². The third-order valence-corrected chi connectivity index (χ3v) is 8.39. The van der Waals surface area contributed by atoms with Gasteiger partial charge >= 0.3 is 0 Å². The molecule has 0 bridgehead atoms. The van der Waals surface area contributed by atoms with E-state index in [0.29, 0.717) is 11.8 Å². The quantitative estimate of drug-likeness (QED) is 0.418. The van der Waals surface area contributed by atoms with Crippen molar-refractivity contribution in [3.8, 4) is 11.1 Å². The third kappa shape index (κ3) is 5.60. The van der Waals surface area contributed by atoms with Gasteiger partial charge < -0.3 is 0 Å². The number of hydrogen-bond donors (Lipinski definition) is 0. The van der Waals surface area contributed by atoms with Gasteiger partial charge in [-0.25, -0.2) is 4.39 Å². The van der Waals surface area contributed by atoms with Crippen LogP contribution >= 0.6 is 0 Å². The Kier molecular flexibility index (Phi) is 7.86. The number of unbranched alkanes of at least 4 members (excludes halogenated alkanes) is 1. The molecule has 0 aliphatic heterocycles. The number of halogens is 1. The van der Waals surface area contributed by atoms with E-state index in [2.05, 4.69) is 44.2 Å². The molecule has 2 fully saturated rings. The minimum absolute atomic E-state index is 0.0562. The first kappa shape index (κ1) is 22.6. The predicted octanol–water partition coefficient (Wildman–Crippen LogP) is 9.64. The summed E-state index contributed by atoms with van der Waals surface area (Å²) in [6.07, 6.45) is 15.8. The fourth-order valence-electron chi connectivity index (χ4n) is 6.14. The van der Waals surface area contributed by atoms with E-state index in [1.165, 1.54) is 88.2 Å². The molecule has 1 heteroatoms. The van der Waals surface area contributed by atoms with Crippen LogP contribution in [0, 0.1) is 17.7 Å². The van der Waals surface area contributed by atoms with Gasteiger partial charge in [-0.3, -0.25) is 0 Å². The molecule has 168 valence electrons. The van der Waals surface area contributed by atoms with Crippen LogP contribution in [-0.2, 0) is 0 Å². The molecule has 2 aromatic carbocycles. The van der Waals surface area contributed by atoms with Gasteiger partial charge in [0.2, 0.25) is 0 Å². The summed E-state index contributed by atoms with van der Waals surface area (Å²) in [5.41, 5.74) is 4.41. The highest BCUT2D eigenvalue weighted by Crippen LogP contribution is 2.40. The average molecular weight is 421 g/mol. The van der Waals surface area contributed by atoms with Crippen LogP contribution in [0.1, 0.15) is 114 Å². The van der Waals surface area contributed by atoms with E-state index in [1.54, 1.807) is 0 Å². The molecule has 31 heavy (non-hydrogen) atoms. The zero-order chi connectivity index (χ0) is 21.6. The van der Waals surface area contributed by atoms with Crippen molar-refractivity contribution in [2.24, 2.45) is 11.8 Å². The summed E-state index contributed by atoms with van der Waals surface area (Å²) < 4.78 is 15.0. The summed E-state index contributed by atoms with van der Waals surface area (Å²) >= 11 is 0. The van der Waals surface area contributed by atoms with Crippen LogP contribution in [-0.4, -0.2) is 0 Å². The van der Waals surface area contributed by atoms with Crippen LogP contribution < -0.4 is 0 Å². The fraction of sp³-hybridized carbons (Fsp3) is 0.600. The molecule has 2 aliphatic carbocycles. The van der Waals surface area contributed by atoms with Crippen molar-refractivity contribution in [3.05, 3.63) is 59.4 Å². The monoisotopic (exact) mass is 420 g/mol. The van der Waals surface area contributed by atoms with Crippen LogP contribution in [0.5, 0.6) is 0 Å². The Morgan fingerprint density at radius 1 is 0.710 bits per heavy atom. The van der Waals surface area contributed by atoms with Gasteiger partial charge in [0.1, 0.15) is 5.82 Å². The lowest BCUT2D eigenvalue weighted by Crippen LogP contribution is -2.13. The lowest BCUT2D eigenvalue weighted by Gasteiger charge is -2.29. The highest BCUT2D eigenvalue weighted by atomic mass is 19.1. The highest BCUT2D eigenvalue weighted by Gasteiger charge is 2.23. The molecule has 0 unspecified atom stereocenters. The second kappa shape index (κ2) is 10.8. The molecule has 0 amide bonds. The van der Waals surface area contributed by atoms with Crippen molar-refractivity contribution >= 4 is 0 Å². The molecule has 0 radical (unpaired) electrons. The molecule has 0 aromatic heterocycles. The van der Waals surface area contributed by atoms with Gasteiger partial charge in [0.05, 0.1) is 0 Å². The molecular formula is C30H41F. The first-order valence-electron chi connectivity index (χ1n) is 13.1. The second-order valence-electron chi connectivity index (χ2n) is 10.3. The van der Waals surface area contributed by atoms with Gasteiger partial charge in [0, 0.05) is 5.56 Å². The zero-order valence-electron chi connectivity index (χ0n) is 19.7. The maximum Gasteiger partial charge on any atom is 0.131 e. The molecule has 2 aromatic rings. The maximum absolute atomic E-state index is 15.0. The van der Waals surface area contributed by atoms with Crippen LogP contribution in [0.15, 0.2) is 42.5 Å². The van der Waals surface area contributed by atoms with Crippen molar-refractivity contribution < 1.29 is 4.39 Å². The van der Waals surface area contributed by atoms with E-state index in [4.69, 9.17) is 0 Å². The van der Waals surface area contributed by atoms with E-state index in [9.17, 15) is 0 Å². The normalized spacial score (nSPS) is 26.7. The molecule has 4 rings (SSSR count). The van der Waals surface area contributed by atoms with Crippen molar-refractivity contribution in [2.75, 3.05) is 0 Å². The van der Waals surface area contributed by atoms with E-state index >= 15 is 4.39 Å². The largest absolute Gasteiger partial charge is 0.206 e. The van der Waals surface area contributed by atoms with E-state index in [1.807, 2.05) is 12.1 Å². The van der Waals surface area contributed by atoms with Crippen molar-refractivity contribution in [3.63, 3.8) is 0 Å². The Bertz CT molecular complexity index is 805. The van der Waals surface area contributed by atoms with Crippen LogP contribution in [0.4, 0.5) is 4.39 Å². The minimum Gasteiger partial charge on any atom is -0.206 e. The van der Waals surface area contributed by atoms with E-state index in [0.717, 1.165) is 23.0 Å². The smallest absolute Gasteiger partial charge is 0.131 e. The number of benzene rings is 2. The number of rotatable bonds is 7. The zero-order valence-corrected chi connectivity index (χ0v) is 19.7. The maximum atomic E-state index is 15.0. The van der Waals surface area contributed by atoms with Gasteiger partial charge in [0.25, 0.3) is 0 Å². The minimum atomic E-state index is -0.0562. The molecule has 0 spiro atoms. The second-order valence-corrected chi connectivity index (χ2v) is 10.3. The summed E-state index contributed by atoms with van der Waals surface area (Å²) in [5, 5.41) is 0. The van der Waals surface area contributed by atoms with Crippen LogP contribution in [0.3, 0.4) is 0 Å². The molecule has 2 aliphatic rings. The molecule has 0 atom stereocenters. The Hall–Kier alpha value is -1.63. The van der Waals surface area contributed by atoms with Crippen molar-refractivity contribution in [1.29, 1.82) is 0 Å². The average Bonchev–Trinajstić information content (AvgIpc) is 2.83. The van der Waals surface area contributed by atoms with Gasteiger partial charge in [-0.1, -0.05) is 75.9 Å².